The number of nitro benzene ring substituents is 1. The Hall–Kier alpha value is -2.44. The van der Waals surface area contributed by atoms with Crippen molar-refractivity contribution in [3.8, 4) is 0 Å². The van der Waals surface area contributed by atoms with Crippen molar-refractivity contribution in [2.24, 2.45) is 0 Å². The number of anilines is 1. The molecule has 2 rings (SSSR count). The third-order valence-corrected chi connectivity index (χ3v) is 2.78. The number of hydrogen-bond donors (Lipinski definition) is 1. The summed E-state index contributed by atoms with van der Waals surface area (Å²) in [6, 6.07) is 3.74. The number of nitrogens with one attached hydrogen (secondary N) is 1. The fraction of sp³-hybridized carbons (Fsp3) is 0.308. The third kappa shape index (κ3) is 3.31. The lowest BCUT2D eigenvalue weighted by Crippen LogP contribution is -2.01. The van der Waals surface area contributed by atoms with Crippen LogP contribution in [-0.2, 0) is 13.1 Å². The van der Waals surface area contributed by atoms with E-state index in [0.29, 0.717) is 12.2 Å². The van der Waals surface area contributed by atoms with Crippen LogP contribution in [0.5, 0.6) is 0 Å². The summed E-state index contributed by atoms with van der Waals surface area (Å²) in [5, 5.41) is 17.8. The first kappa shape index (κ1) is 14.0. The first-order valence-electron chi connectivity index (χ1n) is 6.29. The fourth-order valence-electron chi connectivity index (χ4n) is 1.82. The Balaban J connectivity index is 2.03. The van der Waals surface area contributed by atoms with Crippen molar-refractivity contribution >= 4 is 11.4 Å². The number of hydrogen-bond acceptors (Lipinski definition) is 4. The Morgan fingerprint density at radius 1 is 1.50 bits per heavy atom. The van der Waals surface area contributed by atoms with E-state index >= 15 is 0 Å². The Morgan fingerprint density at radius 3 is 3.00 bits per heavy atom. The molecule has 0 amide bonds. The van der Waals surface area contributed by atoms with Crippen LogP contribution in [0.4, 0.5) is 15.8 Å². The number of aromatic nitrogens is 2. The van der Waals surface area contributed by atoms with Crippen molar-refractivity contribution in [2.45, 2.75) is 26.4 Å². The molecule has 0 bridgehead atoms. The first-order valence-corrected chi connectivity index (χ1v) is 6.29. The summed E-state index contributed by atoms with van der Waals surface area (Å²) in [4.78, 5) is 9.91. The minimum atomic E-state index is -0.837. The van der Waals surface area contributed by atoms with Crippen LogP contribution in [0.3, 0.4) is 0 Å². The molecule has 7 heteroatoms. The molecular formula is C13H15FN4O2. The van der Waals surface area contributed by atoms with Crippen molar-refractivity contribution in [1.29, 1.82) is 0 Å². The summed E-state index contributed by atoms with van der Waals surface area (Å²) in [5.74, 6) is -0.837. The van der Waals surface area contributed by atoms with Gasteiger partial charge in [0.1, 0.15) is 0 Å². The molecule has 0 aliphatic rings. The highest BCUT2D eigenvalue weighted by molar-refractivity contribution is 5.51. The van der Waals surface area contributed by atoms with E-state index in [0.717, 1.165) is 24.6 Å². The van der Waals surface area contributed by atoms with Gasteiger partial charge in [0, 0.05) is 36.6 Å². The molecule has 0 saturated heterocycles. The summed E-state index contributed by atoms with van der Waals surface area (Å²) in [6.07, 6.45) is 4.65. The fourth-order valence-corrected chi connectivity index (χ4v) is 1.82. The lowest BCUT2D eigenvalue weighted by Gasteiger charge is -2.04. The summed E-state index contributed by atoms with van der Waals surface area (Å²) < 4.78 is 15.0. The number of benzene rings is 1. The summed E-state index contributed by atoms with van der Waals surface area (Å²) in [7, 11) is 0. The molecule has 0 aliphatic carbocycles. The van der Waals surface area contributed by atoms with Gasteiger partial charge in [0.25, 0.3) is 0 Å². The quantitative estimate of drug-likeness (QED) is 0.651. The Bertz CT molecular complexity index is 612. The molecule has 2 aromatic rings. The van der Waals surface area contributed by atoms with Gasteiger partial charge >= 0.3 is 5.69 Å². The van der Waals surface area contributed by atoms with Crippen LogP contribution in [0, 0.1) is 15.9 Å². The lowest BCUT2D eigenvalue weighted by atomic mass is 10.2. The van der Waals surface area contributed by atoms with Gasteiger partial charge in [0.15, 0.2) is 0 Å². The number of halogens is 1. The van der Waals surface area contributed by atoms with Gasteiger partial charge in [-0.2, -0.15) is 9.49 Å². The van der Waals surface area contributed by atoms with Crippen molar-refractivity contribution in [1.82, 2.24) is 9.78 Å². The van der Waals surface area contributed by atoms with E-state index in [4.69, 9.17) is 0 Å². The van der Waals surface area contributed by atoms with E-state index < -0.39 is 16.4 Å². The molecule has 0 aliphatic heterocycles. The topological polar surface area (TPSA) is 73.0 Å². The highest BCUT2D eigenvalue weighted by Crippen LogP contribution is 2.21. The molecule has 6 nitrogen and oxygen atoms in total. The average Bonchev–Trinajstić information content (AvgIpc) is 2.86. The highest BCUT2D eigenvalue weighted by atomic mass is 19.1. The van der Waals surface area contributed by atoms with Gasteiger partial charge in [-0.25, -0.2) is 0 Å². The summed E-state index contributed by atoms with van der Waals surface area (Å²) in [6.45, 7) is 3.39. The van der Waals surface area contributed by atoms with E-state index in [1.54, 1.807) is 6.20 Å². The molecule has 0 saturated carbocycles. The number of nitro groups is 1. The van der Waals surface area contributed by atoms with Crippen molar-refractivity contribution in [2.75, 3.05) is 5.32 Å². The number of rotatable bonds is 6. The van der Waals surface area contributed by atoms with Crippen molar-refractivity contribution in [3.05, 3.63) is 52.1 Å². The predicted octanol–water partition coefficient (Wildman–Crippen LogP) is 2.95. The van der Waals surface area contributed by atoms with Gasteiger partial charge in [-0.05, 0) is 18.6 Å². The van der Waals surface area contributed by atoms with Gasteiger partial charge in [-0.15, -0.1) is 0 Å². The second-order valence-electron chi connectivity index (χ2n) is 4.39. The normalized spacial score (nSPS) is 10.5. The Morgan fingerprint density at radius 2 is 2.30 bits per heavy atom. The second kappa shape index (κ2) is 6.14. The van der Waals surface area contributed by atoms with Gasteiger partial charge in [0.05, 0.1) is 11.1 Å². The molecule has 20 heavy (non-hydrogen) atoms. The van der Waals surface area contributed by atoms with Gasteiger partial charge in [0.2, 0.25) is 5.82 Å². The molecule has 0 fully saturated rings. The van der Waals surface area contributed by atoms with Crippen LogP contribution in [0.25, 0.3) is 0 Å². The predicted molar refractivity (Wildman–Crippen MR) is 72.9 cm³/mol. The zero-order valence-electron chi connectivity index (χ0n) is 11.0. The molecule has 0 spiro atoms. The highest BCUT2D eigenvalue weighted by Gasteiger charge is 2.14. The molecule has 0 atom stereocenters. The average molecular weight is 278 g/mol. The van der Waals surface area contributed by atoms with E-state index in [2.05, 4.69) is 17.3 Å². The SMILES string of the molecule is CCCn1cc(CNc2ccc(F)c([N+](=O)[O-])c2)cn1. The van der Waals surface area contributed by atoms with E-state index in [1.165, 1.54) is 12.1 Å². The van der Waals surface area contributed by atoms with Crippen LogP contribution in [0.2, 0.25) is 0 Å². The second-order valence-corrected chi connectivity index (χ2v) is 4.39. The molecule has 1 N–H and O–H groups in total. The third-order valence-electron chi connectivity index (χ3n) is 2.78. The zero-order chi connectivity index (χ0) is 14.5. The molecule has 0 radical (unpaired) electrons. The largest absolute Gasteiger partial charge is 0.381 e. The molecule has 1 aromatic carbocycles. The molecular weight excluding hydrogens is 263 g/mol. The van der Waals surface area contributed by atoms with Gasteiger partial charge in [-0.1, -0.05) is 6.92 Å². The van der Waals surface area contributed by atoms with Crippen LogP contribution in [-0.4, -0.2) is 14.7 Å². The Labute approximate surface area is 115 Å². The maximum Gasteiger partial charge on any atom is 0.306 e. The zero-order valence-corrected chi connectivity index (χ0v) is 11.0. The van der Waals surface area contributed by atoms with E-state index in [9.17, 15) is 14.5 Å². The van der Waals surface area contributed by atoms with Gasteiger partial charge in [-0.3, -0.25) is 14.8 Å². The Kier molecular flexibility index (Phi) is 4.29. The lowest BCUT2D eigenvalue weighted by molar-refractivity contribution is -0.387. The van der Waals surface area contributed by atoms with Crippen LogP contribution >= 0.6 is 0 Å². The van der Waals surface area contributed by atoms with Crippen LogP contribution in [0.15, 0.2) is 30.6 Å². The smallest absolute Gasteiger partial charge is 0.306 e. The monoisotopic (exact) mass is 278 g/mol. The number of nitrogens with zero attached hydrogens (tertiary/aromatic N) is 3. The maximum absolute atomic E-state index is 13.2. The molecule has 106 valence electrons. The minimum Gasteiger partial charge on any atom is -0.381 e. The summed E-state index contributed by atoms with van der Waals surface area (Å²) >= 11 is 0. The molecule has 1 heterocycles. The van der Waals surface area contributed by atoms with Crippen molar-refractivity contribution in [3.63, 3.8) is 0 Å². The molecule has 0 unspecified atom stereocenters. The summed E-state index contributed by atoms with van der Waals surface area (Å²) in [5.41, 5.74) is 0.934. The first-order chi connectivity index (χ1) is 9.60. The van der Waals surface area contributed by atoms with Crippen LogP contribution in [0.1, 0.15) is 18.9 Å². The maximum atomic E-state index is 13.2. The standard InChI is InChI=1S/C13H15FN4O2/c1-2-5-17-9-10(8-16-17)7-15-11-3-4-12(14)13(6-11)18(19)20/h3-4,6,8-9,15H,2,5,7H2,1H3. The minimum absolute atomic E-state index is 0.479. The number of aryl methyl sites for hydroxylation is 1. The van der Waals surface area contributed by atoms with Crippen molar-refractivity contribution < 1.29 is 9.31 Å². The van der Waals surface area contributed by atoms with Gasteiger partial charge < -0.3 is 5.32 Å². The van der Waals surface area contributed by atoms with E-state index in [-0.39, 0.29) is 0 Å². The van der Waals surface area contributed by atoms with E-state index in [1.807, 2.05) is 10.9 Å². The van der Waals surface area contributed by atoms with Crippen LogP contribution < -0.4 is 5.32 Å². The molecule has 1 aromatic heterocycles.